The molecule has 0 spiro atoms. The van der Waals surface area contributed by atoms with Crippen molar-refractivity contribution >= 4 is 47.2 Å². The Labute approximate surface area is 364 Å². The number of halogens is 1. The third kappa shape index (κ3) is 11.7. The predicted octanol–water partition coefficient (Wildman–Crippen LogP) is 6.24. The van der Waals surface area contributed by atoms with Crippen molar-refractivity contribution in [3.63, 3.8) is 0 Å². The zero-order valence-electron chi connectivity index (χ0n) is 35.7. The van der Waals surface area contributed by atoms with E-state index in [9.17, 15) is 29.1 Å². The van der Waals surface area contributed by atoms with Crippen LogP contribution in [-0.2, 0) is 36.7 Å². The molecule has 1 atom stereocenters. The van der Waals surface area contributed by atoms with E-state index in [1.807, 2.05) is 39.0 Å². The van der Waals surface area contributed by atoms with Crippen molar-refractivity contribution in [2.24, 2.45) is 11.8 Å². The topological polar surface area (TPSA) is 152 Å². The molecule has 2 N–H and O–H groups in total. The molecule has 0 unspecified atom stereocenters. The first-order valence-corrected chi connectivity index (χ1v) is 22.9. The van der Waals surface area contributed by atoms with Gasteiger partial charge >= 0.3 is 18.1 Å². The van der Waals surface area contributed by atoms with Gasteiger partial charge in [0.2, 0.25) is 5.91 Å². The Morgan fingerprint density at radius 2 is 1.56 bits per heavy atom. The third-order valence-corrected chi connectivity index (χ3v) is 13.9. The summed E-state index contributed by atoms with van der Waals surface area (Å²) in [6, 6.07) is 11.1. The van der Waals surface area contributed by atoms with Crippen molar-refractivity contribution in [3.05, 3.63) is 58.1 Å². The van der Waals surface area contributed by atoms with Crippen molar-refractivity contribution in [1.82, 2.24) is 24.5 Å². The molecule has 0 bridgehead atoms. The van der Waals surface area contributed by atoms with Crippen molar-refractivity contribution < 1.29 is 38.6 Å². The van der Waals surface area contributed by atoms with Crippen molar-refractivity contribution in [2.45, 2.75) is 103 Å². The summed E-state index contributed by atoms with van der Waals surface area (Å²) >= 11 is 6.34. The molecular weight excluding hydrogens is 800 g/mol. The number of carbonyl (C=O) groups excluding carboxylic acids is 5. The number of rotatable bonds is 13. The first-order chi connectivity index (χ1) is 29.5. The first kappa shape index (κ1) is 44.5. The molecule has 5 amide bonds. The number of hydrogen-bond acceptors (Lipinski definition) is 9. The monoisotopic (exact) mass is 862 g/mol. The van der Waals surface area contributed by atoms with E-state index < -0.39 is 12.2 Å². The molecule has 61 heavy (non-hydrogen) atoms. The number of para-hydroxylation sites is 1. The molecule has 5 aliphatic rings. The minimum Gasteiger partial charge on any atom is -0.506 e. The van der Waals surface area contributed by atoms with Gasteiger partial charge in [0.15, 0.2) is 6.10 Å². The summed E-state index contributed by atoms with van der Waals surface area (Å²) in [5, 5.41) is 13.5. The summed E-state index contributed by atoms with van der Waals surface area (Å²) in [5.41, 5.74) is 3.21. The fourth-order valence-corrected chi connectivity index (χ4v) is 10.2. The number of aromatic hydroxyl groups is 1. The summed E-state index contributed by atoms with van der Waals surface area (Å²) in [6.45, 7) is 8.65. The number of likely N-dealkylation sites (tertiary alicyclic amines) is 4. The number of esters is 1. The second kappa shape index (κ2) is 21.0. The molecule has 15 heteroatoms. The number of nitrogens with zero attached hydrogens (tertiary/aromatic N) is 5. The van der Waals surface area contributed by atoms with Gasteiger partial charge in [-0.1, -0.05) is 35.9 Å². The number of phenols is 1. The van der Waals surface area contributed by atoms with E-state index in [0.29, 0.717) is 107 Å². The summed E-state index contributed by atoms with van der Waals surface area (Å²) in [5.74, 6) is 0.808. The van der Waals surface area contributed by atoms with Crippen LogP contribution in [0.4, 0.5) is 15.3 Å². The number of piperidine rings is 4. The average Bonchev–Trinajstić information content (AvgIpc) is 3.44. The van der Waals surface area contributed by atoms with Crippen LogP contribution in [0.5, 0.6) is 5.75 Å². The number of fused-ring (bicyclic) bond motifs is 1. The highest BCUT2D eigenvalue weighted by Gasteiger charge is 2.37. The van der Waals surface area contributed by atoms with Gasteiger partial charge in [-0.15, -0.1) is 0 Å². The maximum absolute atomic E-state index is 14.2. The molecule has 0 aliphatic carbocycles. The van der Waals surface area contributed by atoms with Crippen LogP contribution >= 0.6 is 11.6 Å². The number of urea groups is 1. The number of phenolic OH excluding ortho intramolecular Hbond substituents is 1. The zero-order valence-corrected chi connectivity index (χ0v) is 36.4. The van der Waals surface area contributed by atoms with Gasteiger partial charge in [-0.05, 0) is 125 Å². The second-order valence-electron chi connectivity index (χ2n) is 17.6. The number of aryl methyl sites for hydroxylation is 1. The minimum atomic E-state index is -1.06. The summed E-state index contributed by atoms with van der Waals surface area (Å²) < 4.78 is 11.5. The number of carbonyl (C=O) groups is 5. The number of amides is 5. The molecule has 4 fully saturated rings. The number of ether oxygens (including phenoxy) is 2. The van der Waals surface area contributed by atoms with E-state index in [0.717, 1.165) is 75.8 Å². The van der Waals surface area contributed by atoms with E-state index in [-0.39, 0.29) is 47.0 Å². The van der Waals surface area contributed by atoms with Crippen LogP contribution in [0.1, 0.15) is 87.3 Å². The lowest BCUT2D eigenvalue weighted by Gasteiger charge is -2.41. The molecule has 5 heterocycles. The van der Waals surface area contributed by atoms with Crippen molar-refractivity contribution in [1.29, 1.82) is 0 Å². The number of benzene rings is 2. The molecular formula is C46H63ClN6O8. The normalized spacial score (nSPS) is 20.5. The van der Waals surface area contributed by atoms with Crippen LogP contribution in [0.3, 0.4) is 0 Å². The van der Waals surface area contributed by atoms with Crippen LogP contribution in [0.15, 0.2) is 36.4 Å². The highest BCUT2D eigenvalue weighted by Crippen LogP contribution is 2.34. The van der Waals surface area contributed by atoms with Gasteiger partial charge in [0.1, 0.15) is 5.75 Å². The van der Waals surface area contributed by atoms with E-state index in [2.05, 4.69) is 10.2 Å². The second-order valence-corrected chi connectivity index (χ2v) is 18.0. The number of hydrogen-bond donors (Lipinski definition) is 2. The first-order valence-electron chi connectivity index (χ1n) is 22.6. The van der Waals surface area contributed by atoms with E-state index in [1.54, 1.807) is 24.0 Å². The molecule has 332 valence electrons. The zero-order chi connectivity index (χ0) is 42.9. The van der Waals surface area contributed by atoms with Crippen LogP contribution in [0.2, 0.25) is 5.02 Å². The highest BCUT2D eigenvalue weighted by molar-refractivity contribution is 6.32. The van der Waals surface area contributed by atoms with Gasteiger partial charge in [-0.2, -0.15) is 0 Å². The molecule has 2 aromatic rings. The maximum Gasteiger partial charge on any atom is 0.410 e. The van der Waals surface area contributed by atoms with Gasteiger partial charge < -0.3 is 44.4 Å². The molecule has 0 radical (unpaired) electrons. The highest BCUT2D eigenvalue weighted by atomic mass is 35.5. The average molecular weight is 863 g/mol. The number of anilines is 1. The van der Waals surface area contributed by atoms with Gasteiger partial charge in [-0.3, -0.25) is 14.4 Å². The third-order valence-electron chi connectivity index (χ3n) is 13.6. The Balaban J connectivity index is 0.862. The number of nitrogens with one attached hydrogen (secondary N) is 1. The van der Waals surface area contributed by atoms with Crippen LogP contribution < -0.4 is 5.32 Å². The van der Waals surface area contributed by atoms with Gasteiger partial charge in [-0.25, -0.2) is 9.59 Å². The molecule has 5 aliphatic heterocycles. The Morgan fingerprint density at radius 3 is 2.28 bits per heavy atom. The molecule has 0 saturated carbocycles. The van der Waals surface area contributed by atoms with Crippen molar-refractivity contribution in [3.8, 4) is 5.75 Å². The van der Waals surface area contributed by atoms with E-state index in [4.69, 9.17) is 21.1 Å². The quantitative estimate of drug-likeness (QED) is 0.176. The molecule has 14 nitrogen and oxygen atoms in total. The SMILES string of the molecule is Cc1cc(C[C@@H](OC(=O)N2CCC(N3CCc4ccccc4NC3=O)CC2)C(=O)N2CCC(C3CCN(CCC(=O)OCCCN4CCCCC4=O)CC3)CC2)cc(Cl)c1O. The molecule has 0 aromatic heterocycles. The molecule has 4 saturated heterocycles. The fourth-order valence-electron chi connectivity index (χ4n) is 9.92. The van der Waals surface area contributed by atoms with Crippen LogP contribution in [0, 0.1) is 18.8 Å². The van der Waals surface area contributed by atoms with Crippen molar-refractivity contribution in [2.75, 3.05) is 77.4 Å². The van der Waals surface area contributed by atoms with E-state index >= 15 is 0 Å². The predicted molar refractivity (Wildman–Crippen MR) is 231 cm³/mol. The van der Waals surface area contributed by atoms with Crippen LogP contribution in [-0.4, -0.2) is 144 Å². The summed E-state index contributed by atoms with van der Waals surface area (Å²) in [4.78, 5) is 75.1. The lowest BCUT2D eigenvalue weighted by molar-refractivity contribution is -0.145. The smallest absolute Gasteiger partial charge is 0.410 e. The molecule has 2 aromatic carbocycles. The Morgan fingerprint density at radius 1 is 0.852 bits per heavy atom. The van der Waals surface area contributed by atoms with Gasteiger partial charge in [0, 0.05) is 76.9 Å². The lowest BCUT2D eigenvalue weighted by atomic mass is 9.78. The Bertz CT molecular complexity index is 1850. The standard InChI is InChI=1S/C46H63ClN6O8/c1-32-29-33(30-38(47)43(32)56)31-40(61-46(59)52-25-15-37(16-26-52)53-27-14-36-7-2-3-8-39(36)48-45(53)58)44(57)51-23-12-35(13-24-51)34-10-20-49(21-11-34)22-17-42(55)60-28-6-19-50-18-5-4-9-41(50)54/h2-3,7-8,29-30,34-35,37,40,56H,4-6,9-28,31H2,1H3,(H,48,58)/t40-/m1/s1. The summed E-state index contributed by atoms with van der Waals surface area (Å²) in [6.07, 6.45) is 7.98. The summed E-state index contributed by atoms with van der Waals surface area (Å²) in [7, 11) is 0. The Kier molecular flexibility index (Phi) is 15.3. The Hall–Kier alpha value is -4.56. The van der Waals surface area contributed by atoms with Crippen LogP contribution in [0.25, 0.3) is 0 Å². The largest absolute Gasteiger partial charge is 0.506 e. The molecule has 7 rings (SSSR count). The fraction of sp³-hybridized carbons (Fsp3) is 0.630. The maximum atomic E-state index is 14.2. The van der Waals surface area contributed by atoms with Gasteiger partial charge in [0.05, 0.1) is 18.1 Å². The van der Waals surface area contributed by atoms with E-state index in [1.165, 1.54) is 0 Å². The van der Waals surface area contributed by atoms with Gasteiger partial charge in [0.25, 0.3) is 5.91 Å². The minimum absolute atomic E-state index is 0.0140. The lowest BCUT2D eigenvalue weighted by Crippen LogP contribution is -2.52.